The monoisotopic (exact) mass is 357 g/mol. The van der Waals surface area contributed by atoms with Crippen molar-refractivity contribution in [1.82, 2.24) is 0 Å². The molecule has 1 N–H and O–H groups in total. The van der Waals surface area contributed by atoms with E-state index in [0.29, 0.717) is 17.3 Å². The Bertz CT molecular complexity index is 919. The molecule has 1 heterocycles. The van der Waals surface area contributed by atoms with Crippen LogP contribution in [0, 0.1) is 0 Å². The lowest BCUT2D eigenvalue weighted by atomic mass is 10.0. The topological polar surface area (TPSA) is 78.8 Å². The number of anilines is 2. The van der Waals surface area contributed by atoms with Crippen LogP contribution in [0.4, 0.5) is 11.4 Å². The van der Waals surface area contributed by atoms with E-state index in [1.54, 1.807) is 18.2 Å². The number of sulfonamides is 1. The third kappa shape index (κ3) is 3.71. The van der Waals surface area contributed by atoms with E-state index in [1.165, 1.54) is 22.9 Å². The normalized spacial score (nSPS) is 15.1. The van der Waals surface area contributed by atoms with Crippen molar-refractivity contribution >= 4 is 33.6 Å². The van der Waals surface area contributed by atoms with Crippen molar-refractivity contribution in [3.63, 3.8) is 0 Å². The number of para-hydroxylation sites is 1. The first-order valence-corrected chi connectivity index (χ1v) is 9.37. The van der Waals surface area contributed by atoms with Crippen molar-refractivity contribution in [2.24, 2.45) is 4.40 Å². The Morgan fingerprint density at radius 2 is 1.80 bits per heavy atom. The lowest BCUT2D eigenvalue weighted by Crippen LogP contribution is -2.35. The molecule has 1 amide bonds. The summed E-state index contributed by atoms with van der Waals surface area (Å²) < 4.78 is 27.5. The van der Waals surface area contributed by atoms with Gasteiger partial charge in [-0.2, -0.15) is 8.42 Å². The molecule has 2 aromatic rings. The Labute approximate surface area is 147 Å². The molecule has 0 saturated carbocycles. The SMILES string of the molecule is CC(C)c1ccc(NC(=O)CN2C=NS(=O)(=O)c3ccccc32)cc1. The van der Waals surface area contributed by atoms with Gasteiger partial charge in [-0.3, -0.25) is 4.79 Å². The van der Waals surface area contributed by atoms with Gasteiger partial charge in [-0.1, -0.05) is 38.1 Å². The molecule has 0 unspecified atom stereocenters. The predicted molar refractivity (Wildman–Crippen MR) is 98.6 cm³/mol. The van der Waals surface area contributed by atoms with Crippen LogP contribution < -0.4 is 10.2 Å². The standard InChI is InChI=1S/C18H19N3O3S/c1-13(2)14-7-9-15(10-8-14)20-18(22)11-21-12-19-25(23,24)17-6-4-3-5-16(17)21/h3-10,12-13H,11H2,1-2H3,(H,20,22). The minimum Gasteiger partial charge on any atom is -0.325 e. The first-order chi connectivity index (χ1) is 11.9. The number of amides is 1. The number of fused-ring (bicyclic) bond motifs is 1. The summed E-state index contributed by atoms with van der Waals surface area (Å²) in [4.78, 5) is 13.9. The van der Waals surface area contributed by atoms with Crippen molar-refractivity contribution < 1.29 is 13.2 Å². The molecule has 1 aliphatic heterocycles. The van der Waals surface area contributed by atoms with Crippen molar-refractivity contribution in [2.75, 3.05) is 16.8 Å². The van der Waals surface area contributed by atoms with E-state index in [1.807, 2.05) is 24.3 Å². The molecule has 0 atom stereocenters. The van der Waals surface area contributed by atoms with Crippen LogP contribution in [-0.4, -0.2) is 27.2 Å². The van der Waals surface area contributed by atoms with Gasteiger partial charge in [0.15, 0.2) is 0 Å². The average Bonchev–Trinajstić information content (AvgIpc) is 2.58. The van der Waals surface area contributed by atoms with Crippen LogP contribution in [0.15, 0.2) is 57.8 Å². The number of benzene rings is 2. The van der Waals surface area contributed by atoms with Gasteiger partial charge in [0.05, 0.1) is 5.69 Å². The molecule has 7 heteroatoms. The van der Waals surface area contributed by atoms with E-state index in [4.69, 9.17) is 0 Å². The minimum absolute atomic E-state index is 0.0258. The third-order valence-electron chi connectivity index (χ3n) is 3.95. The van der Waals surface area contributed by atoms with E-state index >= 15 is 0 Å². The quantitative estimate of drug-likeness (QED) is 0.912. The van der Waals surface area contributed by atoms with E-state index in [2.05, 4.69) is 23.6 Å². The number of nitrogens with zero attached hydrogens (tertiary/aromatic N) is 2. The molecule has 0 bridgehead atoms. The molecule has 0 saturated heterocycles. The zero-order valence-corrected chi connectivity index (χ0v) is 14.8. The van der Waals surface area contributed by atoms with E-state index < -0.39 is 10.0 Å². The first kappa shape index (κ1) is 17.2. The molecule has 130 valence electrons. The fourth-order valence-corrected chi connectivity index (χ4v) is 3.63. The molecule has 6 nitrogen and oxygen atoms in total. The second-order valence-corrected chi connectivity index (χ2v) is 7.72. The molecule has 2 aromatic carbocycles. The highest BCUT2D eigenvalue weighted by Gasteiger charge is 2.25. The molecule has 3 rings (SSSR count). The van der Waals surface area contributed by atoms with E-state index in [9.17, 15) is 13.2 Å². The third-order valence-corrected chi connectivity index (χ3v) is 5.23. The highest BCUT2D eigenvalue weighted by molar-refractivity contribution is 7.90. The summed E-state index contributed by atoms with van der Waals surface area (Å²) in [5, 5.41) is 2.82. The van der Waals surface area contributed by atoms with Gasteiger partial charge in [0.2, 0.25) is 5.91 Å². The zero-order chi connectivity index (χ0) is 18.0. The van der Waals surface area contributed by atoms with Gasteiger partial charge in [0.25, 0.3) is 10.0 Å². The first-order valence-electron chi connectivity index (χ1n) is 7.93. The van der Waals surface area contributed by atoms with Gasteiger partial charge < -0.3 is 10.2 Å². The van der Waals surface area contributed by atoms with E-state index in [0.717, 1.165) is 0 Å². The Morgan fingerprint density at radius 3 is 2.48 bits per heavy atom. The maximum Gasteiger partial charge on any atom is 0.285 e. The van der Waals surface area contributed by atoms with Gasteiger partial charge in [-0.25, -0.2) is 0 Å². The molecule has 0 aromatic heterocycles. The van der Waals surface area contributed by atoms with Crippen molar-refractivity contribution in [2.45, 2.75) is 24.7 Å². The highest BCUT2D eigenvalue weighted by atomic mass is 32.2. The van der Waals surface area contributed by atoms with Crippen LogP contribution in [0.25, 0.3) is 0 Å². The van der Waals surface area contributed by atoms with Crippen molar-refractivity contribution in [3.05, 3.63) is 54.1 Å². The molecular formula is C18H19N3O3S. The second-order valence-electron chi connectivity index (χ2n) is 6.12. The van der Waals surface area contributed by atoms with E-state index in [-0.39, 0.29) is 17.3 Å². The number of carbonyl (C=O) groups excluding carboxylic acids is 1. The largest absolute Gasteiger partial charge is 0.325 e. The summed E-state index contributed by atoms with van der Waals surface area (Å²) in [6.45, 7) is 4.19. The zero-order valence-electron chi connectivity index (χ0n) is 14.0. The summed E-state index contributed by atoms with van der Waals surface area (Å²) in [6, 6.07) is 14.2. The van der Waals surface area contributed by atoms with Crippen molar-refractivity contribution in [3.8, 4) is 0 Å². The number of nitrogens with one attached hydrogen (secondary N) is 1. The predicted octanol–water partition coefficient (Wildman–Crippen LogP) is 2.99. The summed E-state index contributed by atoms with van der Waals surface area (Å²) in [5.41, 5.74) is 2.34. The number of hydrogen-bond acceptors (Lipinski definition) is 4. The molecular weight excluding hydrogens is 338 g/mol. The van der Waals surface area contributed by atoms with Crippen LogP contribution in [0.1, 0.15) is 25.3 Å². The summed E-state index contributed by atoms with van der Waals surface area (Å²) in [5.74, 6) is 0.172. The maximum absolute atomic E-state index is 12.3. The van der Waals surface area contributed by atoms with Gasteiger partial charge in [-0.15, -0.1) is 4.40 Å². The van der Waals surface area contributed by atoms with Crippen LogP contribution in [-0.2, 0) is 14.8 Å². The molecule has 1 aliphatic rings. The highest BCUT2D eigenvalue weighted by Crippen LogP contribution is 2.29. The Morgan fingerprint density at radius 1 is 1.12 bits per heavy atom. The van der Waals surface area contributed by atoms with Gasteiger partial charge in [-0.05, 0) is 35.7 Å². The number of rotatable bonds is 4. The van der Waals surface area contributed by atoms with Crippen molar-refractivity contribution in [1.29, 1.82) is 0 Å². The lowest BCUT2D eigenvalue weighted by molar-refractivity contribution is -0.114. The summed E-state index contributed by atoms with van der Waals surface area (Å²) in [6.07, 6.45) is 1.18. The van der Waals surface area contributed by atoms with Gasteiger partial charge in [0.1, 0.15) is 17.8 Å². The Kier molecular flexibility index (Phi) is 4.59. The smallest absolute Gasteiger partial charge is 0.285 e. The molecule has 25 heavy (non-hydrogen) atoms. The molecule has 0 radical (unpaired) electrons. The minimum atomic E-state index is -3.69. The fourth-order valence-electron chi connectivity index (χ4n) is 2.58. The Balaban J connectivity index is 1.73. The van der Waals surface area contributed by atoms with Crippen LogP contribution in [0.2, 0.25) is 0 Å². The summed E-state index contributed by atoms with van der Waals surface area (Å²) >= 11 is 0. The van der Waals surface area contributed by atoms with Crippen LogP contribution in [0.3, 0.4) is 0 Å². The van der Waals surface area contributed by atoms with Crippen LogP contribution >= 0.6 is 0 Å². The number of hydrogen-bond donors (Lipinski definition) is 1. The average molecular weight is 357 g/mol. The van der Waals surface area contributed by atoms with Gasteiger partial charge in [0, 0.05) is 5.69 Å². The van der Waals surface area contributed by atoms with Gasteiger partial charge >= 0.3 is 0 Å². The summed E-state index contributed by atoms with van der Waals surface area (Å²) in [7, 11) is -3.69. The molecule has 0 aliphatic carbocycles. The van der Waals surface area contributed by atoms with Crippen LogP contribution in [0.5, 0.6) is 0 Å². The second kappa shape index (κ2) is 6.68. The molecule has 0 fully saturated rings. The number of carbonyl (C=O) groups is 1. The fraction of sp³-hybridized carbons (Fsp3) is 0.222. The maximum atomic E-state index is 12.3. The lowest BCUT2D eigenvalue weighted by Gasteiger charge is -2.24. The Hall–Kier alpha value is -2.67. The molecule has 0 spiro atoms.